The third kappa shape index (κ3) is 2.29. The highest BCUT2D eigenvalue weighted by Gasteiger charge is 2.23. The molecule has 4 nitrogen and oxygen atoms in total. The van der Waals surface area contributed by atoms with Crippen LogP contribution in [0.2, 0.25) is 5.02 Å². The number of aromatic nitrogens is 1. The predicted octanol–water partition coefficient (Wildman–Crippen LogP) is 3.95. The molecule has 1 N–H and O–H groups in total. The summed E-state index contributed by atoms with van der Waals surface area (Å²) in [6.45, 7) is 0.253. The minimum atomic E-state index is 0.188. The topological polar surface area (TPSA) is 43.4 Å². The van der Waals surface area contributed by atoms with E-state index in [4.69, 9.17) is 21.1 Å². The van der Waals surface area contributed by atoms with Crippen LogP contribution in [0.1, 0.15) is 30.1 Å². The minimum absolute atomic E-state index is 0.188. The monoisotopic (exact) mass is 302 g/mol. The highest BCUT2D eigenvalue weighted by molar-refractivity contribution is 6.33. The molecular weight excluding hydrogens is 288 g/mol. The number of aryl methyl sites for hydroxylation is 1. The summed E-state index contributed by atoms with van der Waals surface area (Å²) in [6, 6.07) is 8.04. The SMILES string of the molecule is Clc1cc2c(cc1NC1CCCc3cccnc31)OCO2. The standard InChI is InChI=1S/C16H15ClN2O2/c17-11-7-14-15(21-9-20-14)8-13(11)19-12-5-1-3-10-4-2-6-18-16(10)12/h2,4,6-8,12,19H,1,3,5,9H2. The van der Waals surface area contributed by atoms with Gasteiger partial charge in [0.15, 0.2) is 11.5 Å². The molecule has 4 rings (SSSR count). The fraction of sp³-hybridized carbons (Fsp3) is 0.312. The number of ether oxygens (including phenoxy) is 2. The number of hydrogen-bond donors (Lipinski definition) is 1. The second kappa shape index (κ2) is 5.11. The third-order valence-electron chi connectivity index (χ3n) is 3.99. The quantitative estimate of drug-likeness (QED) is 0.912. The number of anilines is 1. The van der Waals surface area contributed by atoms with Crippen molar-refractivity contribution in [2.45, 2.75) is 25.3 Å². The van der Waals surface area contributed by atoms with Gasteiger partial charge in [0.1, 0.15) is 0 Å². The highest BCUT2D eigenvalue weighted by Crippen LogP contribution is 2.41. The fourth-order valence-electron chi connectivity index (χ4n) is 2.97. The zero-order valence-electron chi connectivity index (χ0n) is 11.4. The molecule has 108 valence electrons. The fourth-order valence-corrected chi connectivity index (χ4v) is 3.17. The van der Waals surface area contributed by atoms with E-state index in [1.165, 1.54) is 5.56 Å². The summed E-state index contributed by atoms with van der Waals surface area (Å²) < 4.78 is 10.7. The Kier molecular flexibility index (Phi) is 3.11. The van der Waals surface area contributed by atoms with Gasteiger partial charge < -0.3 is 14.8 Å². The van der Waals surface area contributed by atoms with E-state index in [2.05, 4.69) is 16.4 Å². The third-order valence-corrected chi connectivity index (χ3v) is 4.30. The van der Waals surface area contributed by atoms with Crippen LogP contribution >= 0.6 is 11.6 Å². The van der Waals surface area contributed by atoms with Crippen molar-refractivity contribution < 1.29 is 9.47 Å². The Bertz CT molecular complexity index is 690. The molecule has 21 heavy (non-hydrogen) atoms. The van der Waals surface area contributed by atoms with Crippen molar-refractivity contribution in [3.05, 3.63) is 46.7 Å². The van der Waals surface area contributed by atoms with Gasteiger partial charge in [-0.1, -0.05) is 17.7 Å². The molecule has 5 heteroatoms. The molecule has 0 fully saturated rings. The molecule has 0 saturated heterocycles. The summed E-state index contributed by atoms with van der Waals surface area (Å²) in [5.74, 6) is 1.44. The Morgan fingerprint density at radius 1 is 1.24 bits per heavy atom. The molecule has 2 heterocycles. The summed E-state index contributed by atoms with van der Waals surface area (Å²) in [5.41, 5.74) is 3.31. The zero-order chi connectivity index (χ0) is 14.2. The number of benzene rings is 1. The molecule has 1 aromatic heterocycles. The van der Waals surface area contributed by atoms with Gasteiger partial charge in [-0.15, -0.1) is 0 Å². The van der Waals surface area contributed by atoms with Crippen molar-refractivity contribution in [1.82, 2.24) is 4.98 Å². The first-order valence-electron chi connectivity index (χ1n) is 7.11. The maximum atomic E-state index is 6.34. The molecule has 0 saturated carbocycles. The van der Waals surface area contributed by atoms with Crippen molar-refractivity contribution >= 4 is 17.3 Å². The van der Waals surface area contributed by atoms with Gasteiger partial charge in [-0.3, -0.25) is 4.98 Å². The number of nitrogens with one attached hydrogen (secondary N) is 1. The summed E-state index contributed by atoms with van der Waals surface area (Å²) >= 11 is 6.34. The lowest BCUT2D eigenvalue weighted by Crippen LogP contribution is -2.19. The first kappa shape index (κ1) is 12.8. The van der Waals surface area contributed by atoms with E-state index in [-0.39, 0.29) is 12.8 Å². The Balaban J connectivity index is 1.65. The van der Waals surface area contributed by atoms with E-state index < -0.39 is 0 Å². The average molecular weight is 303 g/mol. The maximum absolute atomic E-state index is 6.34. The van der Waals surface area contributed by atoms with Crippen molar-refractivity contribution in [1.29, 1.82) is 0 Å². The van der Waals surface area contributed by atoms with Crippen molar-refractivity contribution in [2.24, 2.45) is 0 Å². The van der Waals surface area contributed by atoms with E-state index in [1.807, 2.05) is 18.3 Å². The van der Waals surface area contributed by atoms with E-state index >= 15 is 0 Å². The number of rotatable bonds is 2. The van der Waals surface area contributed by atoms with Crippen LogP contribution in [0.5, 0.6) is 11.5 Å². The van der Waals surface area contributed by atoms with Gasteiger partial charge in [0.2, 0.25) is 6.79 Å². The van der Waals surface area contributed by atoms with Gasteiger partial charge in [-0.2, -0.15) is 0 Å². The van der Waals surface area contributed by atoms with Crippen LogP contribution in [0.15, 0.2) is 30.5 Å². The molecular formula is C16H15ClN2O2. The summed E-state index contributed by atoms with van der Waals surface area (Å²) in [6.07, 6.45) is 5.14. The van der Waals surface area contributed by atoms with E-state index in [0.717, 1.165) is 36.4 Å². The molecule has 2 aromatic rings. The molecule has 0 amide bonds. The highest BCUT2D eigenvalue weighted by atomic mass is 35.5. The number of halogens is 1. The molecule has 2 aliphatic rings. The van der Waals surface area contributed by atoms with Crippen molar-refractivity contribution in [2.75, 3.05) is 12.1 Å². The molecule has 1 aromatic carbocycles. The van der Waals surface area contributed by atoms with Gasteiger partial charge in [0.05, 0.1) is 22.4 Å². The largest absolute Gasteiger partial charge is 0.454 e. The van der Waals surface area contributed by atoms with Crippen LogP contribution in [-0.2, 0) is 6.42 Å². The summed E-state index contributed by atoms with van der Waals surface area (Å²) in [4.78, 5) is 4.54. The lowest BCUT2D eigenvalue weighted by atomic mass is 9.92. The lowest BCUT2D eigenvalue weighted by Gasteiger charge is -2.26. The number of hydrogen-bond acceptors (Lipinski definition) is 4. The smallest absolute Gasteiger partial charge is 0.231 e. The van der Waals surface area contributed by atoms with Crippen LogP contribution in [-0.4, -0.2) is 11.8 Å². The second-order valence-corrected chi connectivity index (χ2v) is 5.73. The predicted molar refractivity (Wildman–Crippen MR) is 81.1 cm³/mol. The van der Waals surface area contributed by atoms with Gasteiger partial charge in [-0.25, -0.2) is 0 Å². The normalized spacial score (nSPS) is 19.2. The van der Waals surface area contributed by atoms with Gasteiger partial charge in [-0.05, 0) is 30.9 Å². The van der Waals surface area contributed by atoms with Crippen molar-refractivity contribution in [3.63, 3.8) is 0 Å². The Morgan fingerprint density at radius 3 is 3.00 bits per heavy atom. The summed E-state index contributed by atoms with van der Waals surface area (Å²) in [7, 11) is 0. The zero-order valence-corrected chi connectivity index (χ0v) is 12.2. The van der Waals surface area contributed by atoms with Crippen LogP contribution in [0, 0.1) is 0 Å². The molecule has 1 aliphatic heterocycles. The molecule has 1 atom stereocenters. The Hall–Kier alpha value is -1.94. The van der Waals surface area contributed by atoms with Gasteiger partial charge in [0.25, 0.3) is 0 Å². The van der Waals surface area contributed by atoms with E-state index in [0.29, 0.717) is 10.8 Å². The first-order chi connectivity index (χ1) is 10.3. The van der Waals surface area contributed by atoms with E-state index in [1.54, 1.807) is 6.07 Å². The molecule has 0 spiro atoms. The molecule has 1 unspecified atom stereocenters. The van der Waals surface area contributed by atoms with Gasteiger partial charge >= 0.3 is 0 Å². The van der Waals surface area contributed by atoms with Crippen LogP contribution in [0.4, 0.5) is 5.69 Å². The number of fused-ring (bicyclic) bond motifs is 2. The Labute approximate surface area is 128 Å². The van der Waals surface area contributed by atoms with Gasteiger partial charge in [0, 0.05) is 18.3 Å². The lowest BCUT2D eigenvalue weighted by molar-refractivity contribution is 0.174. The molecule has 1 aliphatic carbocycles. The molecule has 0 radical (unpaired) electrons. The second-order valence-electron chi connectivity index (χ2n) is 5.32. The number of nitrogens with zero attached hydrogens (tertiary/aromatic N) is 1. The van der Waals surface area contributed by atoms with E-state index in [9.17, 15) is 0 Å². The van der Waals surface area contributed by atoms with Crippen LogP contribution in [0.25, 0.3) is 0 Å². The average Bonchev–Trinajstić information content (AvgIpc) is 2.95. The molecule has 0 bridgehead atoms. The number of pyridine rings is 1. The minimum Gasteiger partial charge on any atom is -0.454 e. The van der Waals surface area contributed by atoms with Crippen molar-refractivity contribution in [3.8, 4) is 11.5 Å². The maximum Gasteiger partial charge on any atom is 0.231 e. The first-order valence-corrected chi connectivity index (χ1v) is 7.48. The summed E-state index contributed by atoms with van der Waals surface area (Å²) in [5, 5.41) is 4.15. The van der Waals surface area contributed by atoms with Crippen LogP contribution < -0.4 is 14.8 Å². The Morgan fingerprint density at radius 2 is 2.10 bits per heavy atom. The van der Waals surface area contributed by atoms with Crippen LogP contribution in [0.3, 0.4) is 0 Å².